The van der Waals surface area contributed by atoms with Gasteiger partial charge in [-0.2, -0.15) is 0 Å². The Hall–Kier alpha value is -2.43. The highest BCUT2D eigenvalue weighted by Gasteiger charge is 2.48. The Balaban J connectivity index is 1.77. The Kier molecular flexibility index (Phi) is 3.71. The van der Waals surface area contributed by atoms with Crippen molar-refractivity contribution < 1.29 is 14.7 Å². The number of hydrogen-bond acceptors (Lipinski definition) is 3. The van der Waals surface area contributed by atoms with Crippen LogP contribution in [0.5, 0.6) is 0 Å². The summed E-state index contributed by atoms with van der Waals surface area (Å²) < 4.78 is 0. The first-order valence-corrected chi connectivity index (χ1v) is 8.56. The van der Waals surface area contributed by atoms with Crippen LogP contribution in [0.1, 0.15) is 42.6 Å². The van der Waals surface area contributed by atoms with Crippen molar-refractivity contribution in [3.63, 3.8) is 0 Å². The van der Waals surface area contributed by atoms with Gasteiger partial charge in [0.25, 0.3) is 5.91 Å². The summed E-state index contributed by atoms with van der Waals surface area (Å²) in [4.78, 5) is 30.9. The van der Waals surface area contributed by atoms with Crippen molar-refractivity contribution in [2.75, 3.05) is 0 Å². The Bertz CT molecular complexity index is 799. The van der Waals surface area contributed by atoms with E-state index >= 15 is 0 Å². The molecule has 2 fully saturated rings. The molecule has 1 aromatic heterocycles. The minimum absolute atomic E-state index is 0.0353. The standard InChI is InChI=1S/C19H20N2O3/c22-18(17-14-7-3-1-5-12(14)9-10-20-17)21-15-8-4-2-6-13(15)11-16(21)19(23)24/h1,3,5,7,9-10,13,15-16H,2,4,6,8,11H2,(H,23,24)/t13-,15-,16-/m0/s1. The lowest BCUT2D eigenvalue weighted by Crippen LogP contribution is -2.46. The van der Waals surface area contributed by atoms with Crippen LogP contribution < -0.4 is 0 Å². The number of fused-ring (bicyclic) bond motifs is 2. The molecule has 0 bridgehead atoms. The van der Waals surface area contributed by atoms with Gasteiger partial charge < -0.3 is 10.0 Å². The predicted octanol–water partition coefficient (Wildman–Crippen LogP) is 3.09. The topological polar surface area (TPSA) is 70.5 Å². The summed E-state index contributed by atoms with van der Waals surface area (Å²) in [7, 11) is 0. The van der Waals surface area contributed by atoms with E-state index in [9.17, 15) is 14.7 Å². The molecule has 1 aliphatic carbocycles. The van der Waals surface area contributed by atoms with Gasteiger partial charge in [-0.1, -0.05) is 37.1 Å². The number of pyridine rings is 1. The lowest BCUT2D eigenvalue weighted by atomic mass is 9.84. The molecule has 1 aromatic carbocycles. The van der Waals surface area contributed by atoms with Crippen LogP contribution >= 0.6 is 0 Å². The molecule has 1 amide bonds. The second-order valence-electron chi connectivity index (χ2n) is 6.79. The van der Waals surface area contributed by atoms with Crippen molar-refractivity contribution in [2.24, 2.45) is 5.92 Å². The predicted molar refractivity (Wildman–Crippen MR) is 89.7 cm³/mol. The van der Waals surface area contributed by atoms with Crippen LogP contribution in [0.3, 0.4) is 0 Å². The van der Waals surface area contributed by atoms with E-state index in [0.29, 0.717) is 18.0 Å². The molecule has 1 N–H and O–H groups in total. The Morgan fingerprint density at radius 3 is 2.75 bits per heavy atom. The van der Waals surface area contributed by atoms with Crippen LogP contribution in [0.15, 0.2) is 36.5 Å². The molecule has 2 aliphatic rings. The van der Waals surface area contributed by atoms with Gasteiger partial charge in [0.15, 0.2) is 0 Å². The number of aromatic nitrogens is 1. The van der Waals surface area contributed by atoms with Crippen molar-refractivity contribution in [3.05, 3.63) is 42.2 Å². The maximum absolute atomic E-state index is 13.2. The zero-order chi connectivity index (χ0) is 16.7. The average molecular weight is 324 g/mol. The lowest BCUT2D eigenvalue weighted by Gasteiger charge is -2.33. The van der Waals surface area contributed by atoms with Crippen molar-refractivity contribution in [2.45, 2.75) is 44.2 Å². The van der Waals surface area contributed by atoms with Gasteiger partial charge in [0.1, 0.15) is 11.7 Å². The molecule has 1 saturated heterocycles. The minimum atomic E-state index is -0.905. The van der Waals surface area contributed by atoms with Gasteiger partial charge in [-0.05, 0) is 36.6 Å². The number of amides is 1. The number of aliphatic carboxylic acids is 1. The van der Waals surface area contributed by atoms with Gasteiger partial charge in [0.05, 0.1) is 0 Å². The smallest absolute Gasteiger partial charge is 0.326 e. The normalized spacial score (nSPS) is 26.3. The molecule has 124 valence electrons. The third kappa shape index (κ3) is 2.35. The van der Waals surface area contributed by atoms with Crippen LogP contribution in [-0.2, 0) is 4.79 Å². The third-order valence-corrected chi connectivity index (χ3v) is 5.48. The number of carbonyl (C=O) groups is 2. The van der Waals surface area contributed by atoms with E-state index in [1.54, 1.807) is 11.1 Å². The summed E-state index contributed by atoms with van der Waals surface area (Å²) in [5, 5.41) is 11.4. The molecule has 5 nitrogen and oxygen atoms in total. The molecule has 0 radical (unpaired) electrons. The first-order valence-electron chi connectivity index (χ1n) is 8.56. The first-order chi connectivity index (χ1) is 11.7. The summed E-state index contributed by atoms with van der Waals surface area (Å²) >= 11 is 0. The van der Waals surface area contributed by atoms with Crippen LogP contribution in [-0.4, -0.2) is 39.0 Å². The average Bonchev–Trinajstić information content (AvgIpc) is 3.00. The van der Waals surface area contributed by atoms with Gasteiger partial charge in [-0.25, -0.2) is 4.79 Å². The van der Waals surface area contributed by atoms with Crippen molar-refractivity contribution in [3.8, 4) is 0 Å². The second-order valence-corrected chi connectivity index (χ2v) is 6.79. The number of carbonyl (C=O) groups excluding carboxylic acids is 1. The summed E-state index contributed by atoms with van der Waals surface area (Å²) in [6.45, 7) is 0. The van der Waals surface area contributed by atoms with Gasteiger partial charge in [-0.15, -0.1) is 0 Å². The largest absolute Gasteiger partial charge is 0.480 e. The summed E-state index contributed by atoms with van der Waals surface area (Å²) in [5.74, 6) is -0.842. The van der Waals surface area contributed by atoms with Crippen LogP contribution in [0.4, 0.5) is 0 Å². The number of likely N-dealkylation sites (tertiary alicyclic amines) is 1. The van der Waals surface area contributed by atoms with Crippen molar-refractivity contribution in [1.82, 2.24) is 9.88 Å². The number of nitrogens with zero attached hydrogens (tertiary/aromatic N) is 2. The summed E-state index contributed by atoms with van der Waals surface area (Å²) in [6, 6.07) is 8.79. The molecule has 2 aromatic rings. The molecule has 1 aliphatic heterocycles. The maximum Gasteiger partial charge on any atom is 0.326 e. The van der Waals surface area contributed by atoms with E-state index in [1.165, 1.54) is 0 Å². The minimum Gasteiger partial charge on any atom is -0.480 e. The number of benzene rings is 1. The molecular formula is C19H20N2O3. The monoisotopic (exact) mass is 324 g/mol. The van der Waals surface area contributed by atoms with Crippen molar-refractivity contribution in [1.29, 1.82) is 0 Å². The maximum atomic E-state index is 13.2. The fraction of sp³-hybridized carbons (Fsp3) is 0.421. The first kappa shape index (κ1) is 15.1. The highest BCUT2D eigenvalue weighted by atomic mass is 16.4. The second kappa shape index (κ2) is 5.89. The van der Waals surface area contributed by atoms with E-state index in [2.05, 4.69) is 4.98 Å². The zero-order valence-electron chi connectivity index (χ0n) is 13.4. The number of carboxylic acids is 1. The highest BCUT2D eigenvalue weighted by Crippen LogP contribution is 2.40. The van der Waals surface area contributed by atoms with Crippen LogP contribution in [0.25, 0.3) is 10.8 Å². The molecule has 0 spiro atoms. The van der Waals surface area contributed by atoms with E-state index < -0.39 is 12.0 Å². The number of carboxylic acid groups (broad SMARTS) is 1. The van der Waals surface area contributed by atoms with E-state index in [0.717, 1.165) is 36.5 Å². The molecular weight excluding hydrogens is 304 g/mol. The SMILES string of the molecule is O=C(O)[C@@H]1C[C@@H]2CCCC[C@@H]2N1C(=O)c1nccc2ccccc12. The Labute approximate surface area is 140 Å². The molecule has 24 heavy (non-hydrogen) atoms. The zero-order valence-corrected chi connectivity index (χ0v) is 13.4. The van der Waals surface area contributed by atoms with Crippen LogP contribution in [0, 0.1) is 5.92 Å². The van der Waals surface area contributed by atoms with E-state index in [1.807, 2.05) is 30.3 Å². The lowest BCUT2D eigenvalue weighted by molar-refractivity contribution is -0.141. The number of hydrogen-bond donors (Lipinski definition) is 1. The van der Waals surface area contributed by atoms with Gasteiger partial charge >= 0.3 is 5.97 Å². The van der Waals surface area contributed by atoms with Crippen molar-refractivity contribution >= 4 is 22.6 Å². The fourth-order valence-electron chi connectivity index (χ4n) is 4.38. The fourth-order valence-corrected chi connectivity index (χ4v) is 4.38. The summed E-state index contributed by atoms with van der Waals surface area (Å²) in [5.41, 5.74) is 0.366. The van der Waals surface area contributed by atoms with Gasteiger partial charge in [-0.3, -0.25) is 9.78 Å². The quantitative estimate of drug-likeness (QED) is 0.921. The molecule has 3 atom stereocenters. The number of rotatable bonds is 2. The third-order valence-electron chi connectivity index (χ3n) is 5.48. The van der Waals surface area contributed by atoms with Gasteiger partial charge in [0.2, 0.25) is 0 Å². The summed E-state index contributed by atoms with van der Waals surface area (Å²) in [6.07, 6.45) is 6.28. The van der Waals surface area contributed by atoms with E-state index in [-0.39, 0.29) is 11.9 Å². The van der Waals surface area contributed by atoms with E-state index in [4.69, 9.17) is 0 Å². The Morgan fingerprint density at radius 2 is 1.92 bits per heavy atom. The molecule has 2 heterocycles. The van der Waals surface area contributed by atoms with Crippen LogP contribution in [0.2, 0.25) is 0 Å². The molecule has 0 unspecified atom stereocenters. The molecule has 4 rings (SSSR count). The van der Waals surface area contributed by atoms with Gasteiger partial charge in [0, 0.05) is 17.6 Å². The molecule has 1 saturated carbocycles. The Morgan fingerprint density at radius 1 is 1.12 bits per heavy atom. The molecule has 5 heteroatoms. The highest BCUT2D eigenvalue weighted by molar-refractivity contribution is 6.06.